The van der Waals surface area contributed by atoms with Crippen molar-refractivity contribution in [1.82, 2.24) is 0 Å². The van der Waals surface area contributed by atoms with E-state index in [2.05, 4.69) is 13.8 Å². The highest BCUT2D eigenvalue weighted by Gasteiger charge is 2.44. The fourth-order valence-electron chi connectivity index (χ4n) is 6.25. The van der Waals surface area contributed by atoms with E-state index in [9.17, 15) is 30.0 Å². The molecule has 10 nitrogen and oxygen atoms in total. The van der Waals surface area contributed by atoms with Gasteiger partial charge in [-0.1, -0.05) is 155 Å². The summed E-state index contributed by atoms with van der Waals surface area (Å²) >= 11 is 0. The Morgan fingerprint density at radius 3 is 1.39 bits per heavy atom. The molecule has 1 rings (SSSR count). The van der Waals surface area contributed by atoms with Gasteiger partial charge in [0.25, 0.3) is 0 Å². The van der Waals surface area contributed by atoms with Gasteiger partial charge in [0.15, 0.2) is 12.4 Å². The minimum Gasteiger partial charge on any atom is -0.462 e. The van der Waals surface area contributed by atoms with Crippen LogP contribution in [0.5, 0.6) is 0 Å². The van der Waals surface area contributed by atoms with Gasteiger partial charge in [0.05, 0.1) is 13.2 Å². The maximum absolute atomic E-state index is 12.6. The molecule has 1 saturated heterocycles. The molecule has 1 heterocycles. The number of hydrogen-bond donors (Lipinski definition) is 4. The molecular weight excluding hydrogens is 628 g/mol. The van der Waals surface area contributed by atoms with E-state index in [4.69, 9.17) is 18.9 Å². The standard InChI is InChI=1S/C39H74O10/c1-3-5-7-9-11-13-14-15-16-17-18-20-21-23-25-27-34(41)46-30-32(31-47-39-38(45)37(44)36(43)33(29-40)49-39)48-35(42)28-26-24-22-19-12-10-8-6-4-2/h32-33,36-40,43-45H,3-31H2,1-2H3/t32?,33-,36-,37+,38-,39-/m1/s1. The Labute approximate surface area is 298 Å². The van der Waals surface area contributed by atoms with Crippen LogP contribution < -0.4 is 0 Å². The van der Waals surface area contributed by atoms with Crippen LogP contribution in [0, 0.1) is 0 Å². The summed E-state index contributed by atoms with van der Waals surface area (Å²) in [5.74, 6) is -0.800. The Balaban J connectivity index is 2.34. The first-order chi connectivity index (χ1) is 23.8. The highest BCUT2D eigenvalue weighted by Crippen LogP contribution is 2.22. The predicted molar refractivity (Wildman–Crippen MR) is 192 cm³/mol. The fourth-order valence-corrected chi connectivity index (χ4v) is 6.25. The number of carbonyl (C=O) groups excluding carboxylic acids is 2. The summed E-state index contributed by atoms with van der Waals surface area (Å²) in [6.07, 6.45) is 21.2. The van der Waals surface area contributed by atoms with Crippen molar-refractivity contribution in [3.8, 4) is 0 Å². The average Bonchev–Trinajstić information content (AvgIpc) is 3.10. The second kappa shape index (κ2) is 31.4. The topological polar surface area (TPSA) is 152 Å². The third-order valence-corrected chi connectivity index (χ3v) is 9.49. The lowest BCUT2D eigenvalue weighted by molar-refractivity contribution is -0.305. The average molecular weight is 703 g/mol. The van der Waals surface area contributed by atoms with Crippen LogP contribution in [0.4, 0.5) is 0 Å². The minimum atomic E-state index is -1.59. The van der Waals surface area contributed by atoms with Crippen LogP contribution in [0.3, 0.4) is 0 Å². The largest absolute Gasteiger partial charge is 0.462 e. The summed E-state index contributed by atoms with van der Waals surface area (Å²) in [6.45, 7) is 3.40. The molecule has 1 fully saturated rings. The van der Waals surface area contributed by atoms with Crippen molar-refractivity contribution in [3.05, 3.63) is 0 Å². The number of carbonyl (C=O) groups is 2. The lowest BCUT2D eigenvalue weighted by Gasteiger charge is -2.39. The second-order valence-corrected chi connectivity index (χ2v) is 14.1. The molecular formula is C39H74O10. The summed E-state index contributed by atoms with van der Waals surface area (Å²) < 4.78 is 22.0. The van der Waals surface area contributed by atoms with E-state index in [1.54, 1.807) is 0 Å². The number of hydrogen-bond acceptors (Lipinski definition) is 10. The first-order valence-corrected chi connectivity index (χ1v) is 20.1. The molecule has 4 N–H and O–H groups in total. The van der Waals surface area contributed by atoms with Crippen LogP contribution in [0.25, 0.3) is 0 Å². The number of rotatable bonds is 33. The summed E-state index contributed by atoms with van der Waals surface area (Å²) in [7, 11) is 0. The maximum Gasteiger partial charge on any atom is 0.306 e. The van der Waals surface area contributed by atoms with Crippen molar-refractivity contribution < 1.29 is 49.0 Å². The highest BCUT2D eigenvalue weighted by molar-refractivity contribution is 5.70. The molecule has 49 heavy (non-hydrogen) atoms. The normalized spacial score (nSPS) is 21.5. The van der Waals surface area contributed by atoms with Crippen molar-refractivity contribution in [3.63, 3.8) is 0 Å². The summed E-state index contributed by atoms with van der Waals surface area (Å²) in [5, 5.41) is 39.9. The number of aliphatic hydroxyl groups is 4. The van der Waals surface area contributed by atoms with Gasteiger partial charge in [-0.2, -0.15) is 0 Å². The van der Waals surface area contributed by atoms with Gasteiger partial charge >= 0.3 is 11.9 Å². The summed E-state index contributed by atoms with van der Waals surface area (Å²) in [6, 6.07) is 0. The zero-order valence-electron chi connectivity index (χ0n) is 31.2. The molecule has 1 unspecified atom stereocenters. The molecule has 1 aliphatic rings. The zero-order chi connectivity index (χ0) is 36.0. The van der Waals surface area contributed by atoms with Gasteiger partial charge in [-0.15, -0.1) is 0 Å². The molecule has 0 aromatic rings. The molecule has 0 spiro atoms. The number of ether oxygens (including phenoxy) is 4. The molecule has 0 aromatic heterocycles. The molecule has 10 heteroatoms. The van der Waals surface area contributed by atoms with Crippen molar-refractivity contribution in [2.45, 2.75) is 218 Å². The van der Waals surface area contributed by atoms with Crippen molar-refractivity contribution in [2.24, 2.45) is 0 Å². The smallest absolute Gasteiger partial charge is 0.306 e. The van der Waals surface area contributed by atoms with E-state index in [0.717, 1.165) is 38.5 Å². The first kappa shape index (κ1) is 45.7. The van der Waals surface area contributed by atoms with Crippen LogP contribution in [0.2, 0.25) is 0 Å². The third-order valence-electron chi connectivity index (χ3n) is 9.49. The summed E-state index contributed by atoms with van der Waals surface area (Å²) in [5.41, 5.74) is 0. The molecule has 0 radical (unpaired) electrons. The molecule has 0 saturated carbocycles. The van der Waals surface area contributed by atoms with E-state index in [-0.39, 0.29) is 32.0 Å². The maximum atomic E-state index is 12.6. The van der Waals surface area contributed by atoms with Crippen LogP contribution in [-0.4, -0.2) is 89.0 Å². The Kier molecular flexibility index (Phi) is 29.3. The van der Waals surface area contributed by atoms with E-state index >= 15 is 0 Å². The van der Waals surface area contributed by atoms with Crippen molar-refractivity contribution in [2.75, 3.05) is 19.8 Å². The van der Waals surface area contributed by atoms with Gasteiger partial charge in [-0.3, -0.25) is 9.59 Å². The van der Waals surface area contributed by atoms with E-state index in [1.165, 1.54) is 109 Å². The van der Waals surface area contributed by atoms with Crippen LogP contribution in [0.1, 0.15) is 181 Å². The predicted octanol–water partition coefficient (Wildman–Crippen LogP) is 7.44. The molecule has 6 atom stereocenters. The molecule has 0 amide bonds. The van der Waals surface area contributed by atoms with Gasteiger partial charge in [0.2, 0.25) is 0 Å². The lowest BCUT2D eigenvalue weighted by Crippen LogP contribution is -2.59. The SMILES string of the molecule is CCCCCCCCCCCCCCCCCC(=O)OCC(CO[C@@H]1O[C@H](CO)[C@@H](O)[C@H](O)[C@H]1O)OC(=O)CCCCCCCCCCC. The Morgan fingerprint density at radius 1 is 0.551 bits per heavy atom. The zero-order valence-corrected chi connectivity index (χ0v) is 31.2. The number of unbranched alkanes of at least 4 members (excludes halogenated alkanes) is 22. The fraction of sp³-hybridized carbons (Fsp3) is 0.949. The van der Waals surface area contributed by atoms with E-state index < -0.39 is 49.4 Å². The minimum absolute atomic E-state index is 0.210. The Morgan fingerprint density at radius 2 is 0.959 bits per heavy atom. The second-order valence-electron chi connectivity index (χ2n) is 14.1. The molecule has 1 aliphatic heterocycles. The molecule has 0 aromatic carbocycles. The molecule has 290 valence electrons. The summed E-state index contributed by atoms with van der Waals surface area (Å²) in [4.78, 5) is 25.1. The lowest BCUT2D eigenvalue weighted by atomic mass is 9.99. The monoisotopic (exact) mass is 703 g/mol. The first-order valence-electron chi connectivity index (χ1n) is 20.1. The van der Waals surface area contributed by atoms with Gasteiger partial charge < -0.3 is 39.4 Å². The number of esters is 2. The van der Waals surface area contributed by atoms with E-state index in [1.807, 2.05) is 0 Å². The van der Waals surface area contributed by atoms with Crippen molar-refractivity contribution >= 4 is 11.9 Å². The number of aliphatic hydroxyl groups excluding tert-OH is 4. The van der Waals surface area contributed by atoms with Crippen LogP contribution in [-0.2, 0) is 28.5 Å². The van der Waals surface area contributed by atoms with Crippen molar-refractivity contribution in [1.29, 1.82) is 0 Å². The van der Waals surface area contributed by atoms with Gasteiger partial charge in [0.1, 0.15) is 31.0 Å². The van der Waals surface area contributed by atoms with Crippen LogP contribution >= 0.6 is 0 Å². The van der Waals surface area contributed by atoms with Gasteiger partial charge in [-0.25, -0.2) is 0 Å². The molecule has 0 aliphatic carbocycles. The quantitative estimate of drug-likeness (QED) is 0.0401. The Hall–Kier alpha value is -1.30. The van der Waals surface area contributed by atoms with Gasteiger partial charge in [-0.05, 0) is 12.8 Å². The molecule has 0 bridgehead atoms. The van der Waals surface area contributed by atoms with Gasteiger partial charge in [0, 0.05) is 12.8 Å². The highest BCUT2D eigenvalue weighted by atomic mass is 16.7. The van der Waals surface area contributed by atoms with Crippen LogP contribution in [0.15, 0.2) is 0 Å². The third kappa shape index (κ3) is 23.7. The Bertz CT molecular complexity index is 779. The van der Waals surface area contributed by atoms with E-state index in [0.29, 0.717) is 6.42 Å².